The zero-order valence-electron chi connectivity index (χ0n) is 27.7. The van der Waals surface area contributed by atoms with Gasteiger partial charge in [0.25, 0.3) is 11.8 Å². The molecule has 0 aliphatic heterocycles. The first-order valence-corrected chi connectivity index (χ1v) is 16.0. The van der Waals surface area contributed by atoms with Gasteiger partial charge in [-0.1, -0.05) is 60.7 Å². The Hall–Kier alpha value is -5.98. The van der Waals surface area contributed by atoms with Crippen molar-refractivity contribution in [2.75, 3.05) is 0 Å². The van der Waals surface area contributed by atoms with Gasteiger partial charge in [0.1, 0.15) is 17.7 Å². The summed E-state index contributed by atoms with van der Waals surface area (Å²) in [5.41, 5.74) is 11.1. The molecule has 7 rings (SSSR count). The molecular weight excluding hydrogens is 784 g/mol. The van der Waals surface area contributed by atoms with E-state index < -0.39 is 11.8 Å². The van der Waals surface area contributed by atoms with Crippen molar-refractivity contribution < 1.29 is 52.7 Å². The largest absolute Gasteiger partial charge is 1.00 e. The third kappa shape index (κ3) is 9.22. The van der Waals surface area contributed by atoms with Crippen LogP contribution in [0.25, 0.3) is 21.8 Å². The Labute approximate surface area is 321 Å². The highest BCUT2D eigenvalue weighted by Gasteiger charge is 2.14. The molecule has 0 spiro atoms. The molecular formula is C40H32Br2N8O2. The van der Waals surface area contributed by atoms with Crippen LogP contribution in [0, 0.1) is 0 Å². The van der Waals surface area contributed by atoms with Crippen LogP contribution in [-0.4, -0.2) is 34.2 Å². The van der Waals surface area contributed by atoms with Crippen molar-refractivity contribution in [1.82, 2.24) is 20.8 Å². The predicted molar refractivity (Wildman–Crippen MR) is 192 cm³/mol. The number of nitrogens with zero attached hydrogens (tertiary/aromatic N) is 6. The van der Waals surface area contributed by atoms with Gasteiger partial charge in [-0.3, -0.25) is 9.59 Å². The summed E-state index contributed by atoms with van der Waals surface area (Å²) >= 11 is 0. The lowest BCUT2D eigenvalue weighted by Gasteiger charge is -2.04. The van der Waals surface area contributed by atoms with Gasteiger partial charge in [0.05, 0.1) is 12.4 Å². The molecule has 0 fully saturated rings. The first-order chi connectivity index (χ1) is 24.6. The standard InChI is InChI=1S/C40H30N8O2.2BrH/c49-39(45-43-24-31-15-17-37-33(21-31)13-7-19-47(37)26-29-9-3-1-4-10-29)35-23-36(42-28-41-35)40(50)46-44-25-32-16-18-38-34(22-32)14-8-20-48(38)27-30-11-5-2-6-12-30;;/h1-25,28H,26-27H2;2*1H/b43-24+,44-25+;;. The Morgan fingerprint density at radius 2 is 1.00 bits per heavy atom. The van der Waals surface area contributed by atoms with E-state index in [0.29, 0.717) is 0 Å². The van der Waals surface area contributed by atoms with Crippen molar-refractivity contribution in [1.29, 1.82) is 0 Å². The second kappa shape index (κ2) is 17.8. The van der Waals surface area contributed by atoms with Gasteiger partial charge in [-0.25, -0.2) is 20.8 Å². The van der Waals surface area contributed by atoms with Crippen molar-refractivity contribution >= 4 is 46.0 Å². The Balaban J connectivity index is 0.00000261. The zero-order valence-corrected chi connectivity index (χ0v) is 30.9. The number of nitrogens with one attached hydrogen (secondary N) is 2. The van der Waals surface area contributed by atoms with Crippen LogP contribution in [-0.2, 0) is 13.1 Å². The monoisotopic (exact) mass is 814 g/mol. The Bertz CT molecular complexity index is 2230. The molecule has 52 heavy (non-hydrogen) atoms. The van der Waals surface area contributed by atoms with Crippen LogP contribution >= 0.6 is 0 Å². The van der Waals surface area contributed by atoms with E-state index in [4.69, 9.17) is 0 Å². The topological polar surface area (TPSA) is 116 Å². The first kappa shape index (κ1) is 37.3. The second-order valence-electron chi connectivity index (χ2n) is 11.6. The van der Waals surface area contributed by atoms with Crippen LogP contribution in [0.2, 0.25) is 0 Å². The van der Waals surface area contributed by atoms with Crippen LogP contribution in [0.15, 0.2) is 156 Å². The van der Waals surface area contributed by atoms with Crippen LogP contribution in [0.3, 0.4) is 0 Å². The lowest BCUT2D eigenvalue weighted by molar-refractivity contribution is -0.662. The summed E-state index contributed by atoms with van der Waals surface area (Å²) in [6, 6.07) is 41.9. The number of benzene rings is 4. The van der Waals surface area contributed by atoms with Gasteiger partial charge < -0.3 is 34.0 Å². The molecule has 0 atom stereocenters. The van der Waals surface area contributed by atoms with Crippen LogP contribution < -0.4 is 53.9 Å². The molecule has 4 aromatic carbocycles. The SMILES string of the molecule is O=C(N/N=C/c1ccc2c(ccc[n+]2Cc2ccccc2)c1)c1cc(C(=O)N/N=C/c2ccc3c(ccc[n+]3Cc3ccccc3)c2)ncn1.[Br-].[Br-]. The number of hydrogen-bond acceptors (Lipinski definition) is 6. The highest BCUT2D eigenvalue weighted by molar-refractivity contribution is 5.98. The Morgan fingerprint density at radius 3 is 1.44 bits per heavy atom. The van der Waals surface area contributed by atoms with Gasteiger partial charge in [0.15, 0.2) is 25.5 Å². The molecule has 2 N–H and O–H groups in total. The number of pyridine rings is 2. The lowest BCUT2D eigenvalue weighted by Crippen LogP contribution is -3.00. The molecule has 0 saturated heterocycles. The molecule has 7 aromatic rings. The van der Waals surface area contributed by atoms with Crippen molar-refractivity contribution in [3.8, 4) is 0 Å². The molecule has 0 radical (unpaired) electrons. The van der Waals surface area contributed by atoms with Gasteiger partial charge >= 0.3 is 0 Å². The third-order valence-electron chi connectivity index (χ3n) is 8.09. The fourth-order valence-corrected chi connectivity index (χ4v) is 5.65. The van der Waals surface area contributed by atoms with Crippen LogP contribution in [0.4, 0.5) is 0 Å². The molecule has 0 aliphatic carbocycles. The molecule has 10 nitrogen and oxygen atoms in total. The highest BCUT2D eigenvalue weighted by atomic mass is 79.9. The average Bonchev–Trinajstić information content (AvgIpc) is 3.16. The van der Waals surface area contributed by atoms with Crippen LogP contribution in [0.5, 0.6) is 0 Å². The second-order valence-corrected chi connectivity index (χ2v) is 11.6. The Morgan fingerprint density at radius 1 is 0.558 bits per heavy atom. The number of hydrazone groups is 2. The van der Waals surface area contributed by atoms with Gasteiger partial charge in [0, 0.05) is 52.2 Å². The maximum Gasteiger partial charge on any atom is 0.290 e. The lowest BCUT2D eigenvalue weighted by atomic mass is 10.1. The minimum atomic E-state index is -0.580. The van der Waals surface area contributed by atoms with Gasteiger partial charge in [-0.05, 0) is 47.5 Å². The van der Waals surface area contributed by atoms with Gasteiger partial charge in [-0.2, -0.15) is 19.3 Å². The molecule has 0 bridgehead atoms. The normalized spacial score (nSPS) is 10.9. The molecule has 12 heteroatoms. The van der Waals surface area contributed by atoms with Gasteiger partial charge in [0.2, 0.25) is 11.0 Å². The Kier molecular flexibility index (Phi) is 12.8. The van der Waals surface area contributed by atoms with E-state index in [9.17, 15) is 9.59 Å². The predicted octanol–water partition coefficient (Wildman–Crippen LogP) is -1.01. The van der Waals surface area contributed by atoms with E-state index in [0.717, 1.165) is 52.3 Å². The molecule has 3 heterocycles. The number of hydrogen-bond donors (Lipinski definition) is 2. The summed E-state index contributed by atoms with van der Waals surface area (Å²) < 4.78 is 4.37. The van der Waals surface area contributed by atoms with E-state index in [-0.39, 0.29) is 45.4 Å². The maximum atomic E-state index is 12.8. The molecule has 258 valence electrons. The number of fused-ring (bicyclic) bond motifs is 2. The third-order valence-corrected chi connectivity index (χ3v) is 8.09. The summed E-state index contributed by atoms with van der Waals surface area (Å²) in [5.74, 6) is -1.16. The molecule has 0 saturated carbocycles. The van der Waals surface area contributed by atoms with Crippen molar-refractivity contribution in [3.05, 3.63) is 180 Å². The quantitative estimate of drug-likeness (QED) is 0.105. The fraction of sp³-hybridized carbons (Fsp3) is 0.0500. The summed E-state index contributed by atoms with van der Waals surface area (Å²) in [6.45, 7) is 1.51. The van der Waals surface area contributed by atoms with Gasteiger partial charge in [-0.15, -0.1) is 0 Å². The minimum absolute atomic E-state index is 0. The maximum absolute atomic E-state index is 12.8. The number of carbonyl (C=O) groups excluding carboxylic acids is 2. The summed E-state index contributed by atoms with van der Waals surface area (Å²) in [7, 11) is 0. The molecule has 3 aromatic heterocycles. The minimum Gasteiger partial charge on any atom is -1.00 e. The number of carbonyl (C=O) groups is 2. The van der Waals surface area contributed by atoms with E-state index in [1.54, 1.807) is 12.4 Å². The highest BCUT2D eigenvalue weighted by Crippen LogP contribution is 2.14. The zero-order chi connectivity index (χ0) is 34.1. The van der Waals surface area contributed by atoms with E-state index >= 15 is 0 Å². The molecule has 0 unspecified atom stereocenters. The smallest absolute Gasteiger partial charge is 0.290 e. The number of halogens is 2. The summed E-state index contributed by atoms with van der Waals surface area (Å²) in [6.07, 6.45) is 8.38. The van der Waals surface area contributed by atoms with E-state index in [2.05, 4.69) is 76.8 Å². The average molecular weight is 817 g/mol. The number of rotatable bonds is 10. The van der Waals surface area contributed by atoms with E-state index in [1.165, 1.54) is 17.2 Å². The number of amides is 2. The molecule has 2 amide bonds. The molecule has 0 aliphatic rings. The fourth-order valence-electron chi connectivity index (χ4n) is 5.65. The first-order valence-electron chi connectivity index (χ1n) is 16.0. The van der Waals surface area contributed by atoms with Crippen LogP contribution in [0.1, 0.15) is 43.2 Å². The van der Waals surface area contributed by atoms with E-state index in [1.807, 2.05) is 97.1 Å². The van der Waals surface area contributed by atoms with Crippen molar-refractivity contribution in [2.45, 2.75) is 13.1 Å². The summed E-state index contributed by atoms with van der Waals surface area (Å²) in [4.78, 5) is 33.6. The number of aromatic nitrogens is 4. The van der Waals surface area contributed by atoms with Crippen molar-refractivity contribution in [2.24, 2.45) is 10.2 Å². The summed E-state index contributed by atoms with van der Waals surface area (Å²) in [5, 5.41) is 10.3. The van der Waals surface area contributed by atoms with Crippen molar-refractivity contribution in [3.63, 3.8) is 0 Å².